The number of carbonyl (C=O) groups is 2. The molecule has 6 heteroatoms. The molecule has 0 saturated carbocycles. The standard InChI is InChI=1S/C14H9Cl2NO3/c15-11-6-9(7-12(16)17-11)8-20-14(19)13(18)10-4-2-1-3-5-10/h1-7H,8H2. The molecule has 0 spiro atoms. The lowest BCUT2D eigenvalue weighted by molar-refractivity contribution is -0.139. The van der Waals surface area contributed by atoms with Crippen LogP contribution in [-0.2, 0) is 16.1 Å². The van der Waals surface area contributed by atoms with E-state index in [4.69, 9.17) is 27.9 Å². The number of ketones is 1. The first-order chi connectivity index (χ1) is 9.56. The van der Waals surface area contributed by atoms with E-state index in [1.807, 2.05) is 0 Å². The molecule has 0 N–H and O–H groups in total. The monoisotopic (exact) mass is 309 g/mol. The highest BCUT2D eigenvalue weighted by Crippen LogP contribution is 2.15. The van der Waals surface area contributed by atoms with Crippen molar-refractivity contribution in [1.29, 1.82) is 0 Å². The highest BCUT2D eigenvalue weighted by molar-refractivity contribution is 6.40. The Morgan fingerprint density at radius 3 is 2.25 bits per heavy atom. The minimum absolute atomic E-state index is 0.0979. The third kappa shape index (κ3) is 3.79. The number of esters is 1. The maximum absolute atomic E-state index is 11.8. The van der Waals surface area contributed by atoms with Gasteiger partial charge in [0.25, 0.3) is 5.78 Å². The average Bonchev–Trinajstić information content (AvgIpc) is 2.44. The van der Waals surface area contributed by atoms with Crippen LogP contribution in [0.25, 0.3) is 0 Å². The van der Waals surface area contributed by atoms with Crippen LogP contribution < -0.4 is 0 Å². The molecule has 0 amide bonds. The number of hydrogen-bond acceptors (Lipinski definition) is 4. The molecule has 0 fully saturated rings. The van der Waals surface area contributed by atoms with Crippen molar-refractivity contribution in [2.45, 2.75) is 6.61 Å². The van der Waals surface area contributed by atoms with Gasteiger partial charge in [0.2, 0.25) is 0 Å². The minimum atomic E-state index is -0.930. The Labute approximate surface area is 125 Å². The van der Waals surface area contributed by atoms with Gasteiger partial charge in [-0.05, 0) is 17.7 Å². The zero-order chi connectivity index (χ0) is 14.5. The van der Waals surface area contributed by atoms with Gasteiger partial charge in [-0.25, -0.2) is 9.78 Å². The normalized spacial score (nSPS) is 10.1. The zero-order valence-corrected chi connectivity index (χ0v) is 11.7. The van der Waals surface area contributed by atoms with E-state index < -0.39 is 11.8 Å². The third-order valence-corrected chi connectivity index (χ3v) is 2.80. The second-order valence-electron chi connectivity index (χ2n) is 3.89. The number of Topliss-reactive ketones (excluding diaryl/α,β-unsaturated/α-hetero) is 1. The van der Waals surface area contributed by atoms with Crippen LogP contribution in [0.3, 0.4) is 0 Å². The highest BCUT2D eigenvalue weighted by Gasteiger charge is 2.17. The number of rotatable bonds is 4. The number of pyridine rings is 1. The van der Waals surface area contributed by atoms with Crippen LogP contribution in [0.15, 0.2) is 42.5 Å². The van der Waals surface area contributed by atoms with E-state index in [0.29, 0.717) is 5.56 Å². The van der Waals surface area contributed by atoms with Crippen molar-refractivity contribution in [3.63, 3.8) is 0 Å². The van der Waals surface area contributed by atoms with E-state index in [-0.39, 0.29) is 22.5 Å². The van der Waals surface area contributed by atoms with Crippen molar-refractivity contribution in [2.24, 2.45) is 0 Å². The zero-order valence-electron chi connectivity index (χ0n) is 10.2. The van der Waals surface area contributed by atoms with Crippen molar-refractivity contribution in [2.75, 3.05) is 0 Å². The second-order valence-corrected chi connectivity index (χ2v) is 4.67. The maximum Gasteiger partial charge on any atom is 0.380 e. The van der Waals surface area contributed by atoms with Gasteiger partial charge in [-0.15, -0.1) is 0 Å². The lowest BCUT2D eigenvalue weighted by atomic mass is 10.1. The quantitative estimate of drug-likeness (QED) is 0.376. The van der Waals surface area contributed by atoms with Gasteiger partial charge in [-0.1, -0.05) is 53.5 Å². The molecule has 1 aromatic carbocycles. The minimum Gasteiger partial charge on any atom is -0.455 e. The Bertz CT molecular complexity index is 624. The Kier molecular flexibility index (Phi) is 4.71. The SMILES string of the molecule is O=C(OCc1cc(Cl)nc(Cl)c1)C(=O)c1ccccc1. The van der Waals surface area contributed by atoms with Crippen LogP contribution in [0.4, 0.5) is 0 Å². The molecular weight excluding hydrogens is 301 g/mol. The predicted octanol–water partition coefficient (Wildman–Crippen LogP) is 3.31. The van der Waals surface area contributed by atoms with Crippen LogP contribution in [0.5, 0.6) is 0 Å². The topological polar surface area (TPSA) is 56.3 Å². The van der Waals surface area contributed by atoms with E-state index in [0.717, 1.165) is 0 Å². The van der Waals surface area contributed by atoms with Crippen molar-refractivity contribution in [1.82, 2.24) is 4.98 Å². The molecule has 1 aromatic heterocycles. The summed E-state index contributed by atoms with van der Waals surface area (Å²) in [7, 11) is 0. The maximum atomic E-state index is 11.8. The summed E-state index contributed by atoms with van der Waals surface area (Å²) < 4.78 is 4.92. The molecule has 0 aliphatic heterocycles. The molecule has 0 unspecified atom stereocenters. The molecule has 2 aromatic rings. The van der Waals surface area contributed by atoms with Crippen LogP contribution in [0, 0.1) is 0 Å². The smallest absolute Gasteiger partial charge is 0.380 e. The lowest BCUT2D eigenvalue weighted by Gasteiger charge is -2.05. The van der Waals surface area contributed by atoms with Gasteiger partial charge in [-0.3, -0.25) is 4.79 Å². The first-order valence-corrected chi connectivity index (χ1v) is 6.40. The molecular formula is C14H9Cl2NO3. The summed E-state index contributed by atoms with van der Waals surface area (Å²) in [6, 6.07) is 11.2. The Morgan fingerprint density at radius 1 is 1.05 bits per heavy atom. The van der Waals surface area contributed by atoms with Gasteiger partial charge < -0.3 is 4.74 Å². The molecule has 2 rings (SSSR count). The molecule has 0 radical (unpaired) electrons. The van der Waals surface area contributed by atoms with E-state index in [1.165, 1.54) is 12.1 Å². The Balaban J connectivity index is 2.00. The Hall–Kier alpha value is -1.91. The van der Waals surface area contributed by atoms with Crippen molar-refractivity contribution < 1.29 is 14.3 Å². The van der Waals surface area contributed by atoms with Gasteiger partial charge in [0.05, 0.1) is 0 Å². The van der Waals surface area contributed by atoms with Gasteiger partial charge in [0.1, 0.15) is 16.9 Å². The number of hydrogen-bond donors (Lipinski definition) is 0. The van der Waals surface area contributed by atoms with E-state index in [1.54, 1.807) is 30.3 Å². The summed E-state index contributed by atoms with van der Waals surface area (Å²) in [5, 5.41) is 0.385. The molecule has 0 bridgehead atoms. The summed E-state index contributed by atoms with van der Waals surface area (Å²) in [5.74, 6) is -1.63. The predicted molar refractivity (Wildman–Crippen MR) is 74.8 cm³/mol. The third-order valence-electron chi connectivity index (χ3n) is 2.41. The summed E-state index contributed by atoms with van der Waals surface area (Å²) in [6.07, 6.45) is 0. The van der Waals surface area contributed by atoms with Gasteiger partial charge in [0, 0.05) is 5.56 Å². The first kappa shape index (κ1) is 14.5. The fourth-order valence-corrected chi connectivity index (χ4v) is 2.03. The van der Waals surface area contributed by atoms with E-state index in [9.17, 15) is 9.59 Å². The number of carbonyl (C=O) groups excluding carboxylic acids is 2. The molecule has 0 aliphatic carbocycles. The summed E-state index contributed by atoms with van der Waals surface area (Å²) >= 11 is 11.4. The number of benzene rings is 1. The van der Waals surface area contributed by atoms with Crippen LogP contribution in [0.1, 0.15) is 15.9 Å². The average molecular weight is 310 g/mol. The molecule has 0 saturated heterocycles. The fraction of sp³-hybridized carbons (Fsp3) is 0.0714. The molecule has 102 valence electrons. The van der Waals surface area contributed by atoms with Crippen molar-refractivity contribution >= 4 is 35.0 Å². The van der Waals surface area contributed by atoms with Crippen molar-refractivity contribution in [3.05, 3.63) is 63.9 Å². The molecule has 4 nitrogen and oxygen atoms in total. The van der Waals surface area contributed by atoms with Crippen LogP contribution in [-0.4, -0.2) is 16.7 Å². The largest absolute Gasteiger partial charge is 0.455 e. The van der Waals surface area contributed by atoms with Gasteiger partial charge >= 0.3 is 5.97 Å². The number of halogens is 2. The van der Waals surface area contributed by atoms with Gasteiger partial charge in [0.15, 0.2) is 0 Å². The van der Waals surface area contributed by atoms with Gasteiger partial charge in [-0.2, -0.15) is 0 Å². The van der Waals surface area contributed by atoms with E-state index in [2.05, 4.69) is 4.98 Å². The summed E-state index contributed by atoms with van der Waals surface area (Å²) in [5.41, 5.74) is 0.840. The summed E-state index contributed by atoms with van der Waals surface area (Å²) in [6.45, 7) is -0.0979. The van der Waals surface area contributed by atoms with Crippen LogP contribution in [0.2, 0.25) is 10.3 Å². The van der Waals surface area contributed by atoms with Crippen molar-refractivity contribution in [3.8, 4) is 0 Å². The summed E-state index contributed by atoms with van der Waals surface area (Å²) in [4.78, 5) is 27.2. The molecule has 1 heterocycles. The van der Waals surface area contributed by atoms with Crippen LogP contribution >= 0.6 is 23.2 Å². The number of aromatic nitrogens is 1. The fourth-order valence-electron chi connectivity index (χ4n) is 1.52. The second kappa shape index (κ2) is 6.50. The highest BCUT2D eigenvalue weighted by atomic mass is 35.5. The molecule has 20 heavy (non-hydrogen) atoms. The lowest BCUT2D eigenvalue weighted by Crippen LogP contribution is -2.17. The Morgan fingerprint density at radius 2 is 1.65 bits per heavy atom. The number of ether oxygens (including phenoxy) is 1. The number of nitrogens with zero attached hydrogens (tertiary/aromatic N) is 1. The van der Waals surface area contributed by atoms with E-state index >= 15 is 0 Å². The first-order valence-electron chi connectivity index (χ1n) is 5.65. The molecule has 0 aliphatic rings. The molecule has 0 atom stereocenters.